The summed E-state index contributed by atoms with van der Waals surface area (Å²) in [7, 11) is 0. The van der Waals surface area contributed by atoms with Crippen LogP contribution in [0.1, 0.15) is 31.7 Å². The summed E-state index contributed by atoms with van der Waals surface area (Å²) in [6.45, 7) is 2.05. The van der Waals surface area contributed by atoms with Gasteiger partial charge in [-0.3, -0.25) is 4.98 Å². The normalized spacial score (nSPS) is 12.6. The minimum atomic E-state index is -0.214. The monoisotopic (exact) mass is 252 g/mol. The van der Waals surface area contributed by atoms with Gasteiger partial charge in [0.1, 0.15) is 5.69 Å². The molecule has 90 valence electrons. The van der Waals surface area contributed by atoms with Crippen LogP contribution in [0, 0.1) is 0 Å². The summed E-state index contributed by atoms with van der Waals surface area (Å²) in [5.41, 5.74) is 6.50. The highest BCUT2D eigenvalue weighted by molar-refractivity contribution is 6.30. The lowest BCUT2D eigenvalue weighted by molar-refractivity contribution is 0.348. The number of aromatic nitrogens is 3. The Morgan fingerprint density at radius 2 is 2.29 bits per heavy atom. The van der Waals surface area contributed by atoms with Gasteiger partial charge < -0.3 is 10.3 Å². The minimum Gasteiger partial charge on any atom is -0.337 e. The lowest BCUT2D eigenvalue weighted by Crippen LogP contribution is -2.09. The third-order valence-electron chi connectivity index (χ3n) is 2.32. The smallest absolute Gasteiger partial charge is 0.243 e. The molecule has 0 fully saturated rings. The Bertz CT molecular complexity index is 482. The van der Waals surface area contributed by atoms with Crippen LogP contribution >= 0.6 is 11.6 Å². The van der Waals surface area contributed by atoms with Crippen molar-refractivity contribution in [3.63, 3.8) is 0 Å². The van der Waals surface area contributed by atoms with Gasteiger partial charge in [-0.05, 0) is 18.6 Å². The van der Waals surface area contributed by atoms with Gasteiger partial charge >= 0.3 is 0 Å². The molecule has 2 heterocycles. The number of nitrogens with zero attached hydrogens (tertiary/aromatic N) is 3. The van der Waals surface area contributed by atoms with Crippen molar-refractivity contribution < 1.29 is 4.52 Å². The second-order valence-electron chi connectivity index (χ2n) is 3.71. The molecule has 0 unspecified atom stereocenters. The molecule has 0 saturated heterocycles. The molecule has 0 aliphatic carbocycles. The third-order valence-corrected chi connectivity index (χ3v) is 2.54. The molecule has 2 rings (SSSR count). The SMILES string of the molecule is CCC[C@H](N)c1nc(-c2ccc(Cl)cn2)no1. The van der Waals surface area contributed by atoms with Crippen molar-refractivity contribution in [1.29, 1.82) is 0 Å². The van der Waals surface area contributed by atoms with Crippen molar-refractivity contribution in [2.75, 3.05) is 0 Å². The fourth-order valence-electron chi connectivity index (χ4n) is 1.43. The van der Waals surface area contributed by atoms with E-state index in [2.05, 4.69) is 22.0 Å². The summed E-state index contributed by atoms with van der Waals surface area (Å²) in [6.07, 6.45) is 3.33. The van der Waals surface area contributed by atoms with E-state index in [9.17, 15) is 0 Å². The molecule has 5 nitrogen and oxygen atoms in total. The second kappa shape index (κ2) is 5.25. The minimum absolute atomic E-state index is 0.214. The molecule has 0 aliphatic heterocycles. The number of rotatable bonds is 4. The standard InChI is InChI=1S/C11H13ClN4O/c1-2-3-8(13)11-15-10(16-17-11)9-5-4-7(12)6-14-9/h4-6,8H,2-3,13H2,1H3/t8-/m0/s1. The maximum absolute atomic E-state index is 5.88. The van der Waals surface area contributed by atoms with Gasteiger partial charge in [0, 0.05) is 6.20 Å². The van der Waals surface area contributed by atoms with Crippen LogP contribution < -0.4 is 5.73 Å². The van der Waals surface area contributed by atoms with Crippen molar-refractivity contribution >= 4 is 11.6 Å². The van der Waals surface area contributed by atoms with E-state index in [1.54, 1.807) is 18.3 Å². The van der Waals surface area contributed by atoms with Gasteiger partial charge in [0.05, 0.1) is 11.1 Å². The molecule has 0 spiro atoms. The molecule has 0 radical (unpaired) electrons. The Kier molecular flexibility index (Phi) is 3.71. The average Bonchev–Trinajstić information content (AvgIpc) is 2.80. The largest absolute Gasteiger partial charge is 0.337 e. The van der Waals surface area contributed by atoms with Crippen LogP contribution in [0.4, 0.5) is 0 Å². The predicted octanol–water partition coefficient (Wildman–Crippen LogP) is 2.58. The predicted molar refractivity (Wildman–Crippen MR) is 64.4 cm³/mol. The molecular formula is C11H13ClN4O. The van der Waals surface area contributed by atoms with Gasteiger partial charge in [-0.1, -0.05) is 30.1 Å². The number of nitrogens with two attached hydrogens (primary N) is 1. The molecule has 1 atom stereocenters. The molecule has 17 heavy (non-hydrogen) atoms. The van der Waals surface area contributed by atoms with Gasteiger partial charge in [-0.2, -0.15) is 4.98 Å². The topological polar surface area (TPSA) is 77.8 Å². The molecular weight excluding hydrogens is 240 g/mol. The van der Waals surface area contributed by atoms with Gasteiger partial charge in [0.15, 0.2) is 0 Å². The zero-order chi connectivity index (χ0) is 12.3. The summed E-state index contributed by atoms with van der Waals surface area (Å²) in [4.78, 5) is 8.33. The molecule has 2 N–H and O–H groups in total. The quantitative estimate of drug-likeness (QED) is 0.905. The average molecular weight is 253 g/mol. The van der Waals surface area contributed by atoms with E-state index in [1.165, 1.54) is 0 Å². The lowest BCUT2D eigenvalue weighted by atomic mass is 10.2. The van der Waals surface area contributed by atoms with Gasteiger partial charge in [0.25, 0.3) is 0 Å². The maximum Gasteiger partial charge on any atom is 0.243 e. The highest BCUT2D eigenvalue weighted by Gasteiger charge is 2.15. The first kappa shape index (κ1) is 12.0. The van der Waals surface area contributed by atoms with Crippen LogP contribution in [0.15, 0.2) is 22.9 Å². The maximum atomic E-state index is 5.88. The molecule has 0 aromatic carbocycles. The van der Waals surface area contributed by atoms with Crippen LogP contribution in [0.25, 0.3) is 11.5 Å². The Morgan fingerprint density at radius 3 is 2.94 bits per heavy atom. The third kappa shape index (κ3) is 2.81. The first-order valence-corrected chi connectivity index (χ1v) is 5.79. The van der Waals surface area contributed by atoms with Crippen molar-refractivity contribution in [1.82, 2.24) is 15.1 Å². The molecule has 2 aromatic rings. The molecule has 6 heteroatoms. The van der Waals surface area contributed by atoms with Crippen LogP contribution in [-0.4, -0.2) is 15.1 Å². The number of hydrogen-bond acceptors (Lipinski definition) is 5. The van der Waals surface area contributed by atoms with Crippen molar-refractivity contribution in [2.45, 2.75) is 25.8 Å². The Labute approximate surface area is 104 Å². The van der Waals surface area contributed by atoms with Crippen LogP contribution in [0.5, 0.6) is 0 Å². The highest BCUT2D eigenvalue weighted by atomic mass is 35.5. The van der Waals surface area contributed by atoms with E-state index in [0.717, 1.165) is 12.8 Å². The van der Waals surface area contributed by atoms with Crippen molar-refractivity contribution in [3.05, 3.63) is 29.2 Å². The molecule has 0 amide bonds. The zero-order valence-electron chi connectivity index (χ0n) is 9.43. The van der Waals surface area contributed by atoms with Crippen LogP contribution in [0.3, 0.4) is 0 Å². The summed E-state index contributed by atoms with van der Waals surface area (Å²) in [6, 6.07) is 3.25. The number of pyridine rings is 1. The van der Waals surface area contributed by atoms with E-state index in [-0.39, 0.29) is 6.04 Å². The highest BCUT2D eigenvalue weighted by Crippen LogP contribution is 2.19. The fraction of sp³-hybridized carbons (Fsp3) is 0.364. The number of halogens is 1. The first-order valence-electron chi connectivity index (χ1n) is 5.42. The molecule has 0 saturated carbocycles. The van der Waals surface area contributed by atoms with Crippen molar-refractivity contribution in [3.8, 4) is 11.5 Å². The summed E-state index contributed by atoms with van der Waals surface area (Å²) < 4.78 is 5.10. The van der Waals surface area contributed by atoms with Gasteiger partial charge in [-0.25, -0.2) is 0 Å². The van der Waals surface area contributed by atoms with Crippen LogP contribution in [0.2, 0.25) is 5.02 Å². The van der Waals surface area contributed by atoms with E-state index >= 15 is 0 Å². The Morgan fingerprint density at radius 1 is 1.47 bits per heavy atom. The zero-order valence-corrected chi connectivity index (χ0v) is 10.2. The molecule has 0 aliphatic rings. The van der Waals surface area contributed by atoms with Gasteiger partial charge in [-0.15, -0.1) is 0 Å². The molecule has 0 bridgehead atoms. The first-order chi connectivity index (χ1) is 8.20. The van der Waals surface area contributed by atoms with E-state index < -0.39 is 0 Å². The van der Waals surface area contributed by atoms with Gasteiger partial charge in [0.2, 0.25) is 11.7 Å². The molecule has 2 aromatic heterocycles. The van der Waals surface area contributed by atoms with Crippen LogP contribution in [-0.2, 0) is 0 Å². The van der Waals surface area contributed by atoms with Crippen molar-refractivity contribution in [2.24, 2.45) is 5.73 Å². The van der Waals surface area contributed by atoms with E-state index in [4.69, 9.17) is 21.9 Å². The summed E-state index contributed by atoms with van der Waals surface area (Å²) >= 11 is 5.75. The number of hydrogen-bond donors (Lipinski definition) is 1. The Hall–Kier alpha value is -1.46. The summed E-state index contributed by atoms with van der Waals surface area (Å²) in [5.74, 6) is 0.877. The summed E-state index contributed by atoms with van der Waals surface area (Å²) in [5, 5.41) is 4.42. The van der Waals surface area contributed by atoms with E-state index in [1.807, 2.05) is 0 Å². The fourth-order valence-corrected chi connectivity index (χ4v) is 1.54. The Balaban J connectivity index is 2.20. The second-order valence-corrected chi connectivity index (χ2v) is 4.15. The lowest BCUT2D eigenvalue weighted by Gasteiger charge is -2.02. The van der Waals surface area contributed by atoms with E-state index in [0.29, 0.717) is 22.4 Å².